The van der Waals surface area contributed by atoms with Crippen LogP contribution in [0.1, 0.15) is 38.8 Å². The molecular formula is C29H34FN3O4S. The van der Waals surface area contributed by atoms with Gasteiger partial charge >= 0.3 is 0 Å². The lowest BCUT2D eigenvalue weighted by Gasteiger charge is -2.33. The standard InChI is InChI=1S/C29H34FN3O4S/c1-21-10-9-11-25(18-21)33(38(36,37)26-12-7-6-8-13-26)20-27(34)32(19-23-14-16-24(30)17-15-23)22(2)28(35)31-29(3,4)5/h6-18,22H,19-20H2,1-5H3,(H,31,35)/t22-/m1/s1. The highest BCUT2D eigenvalue weighted by Crippen LogP contribution is 2.25. The van der Waals surface area contributed by atoms with Crippen LogP contribution >= 0.6 is 0 Å². The molecule has 0 unspecified atom stereocenters. The normalized spacial score (nSPS) is 12.5. The minimum Gasteiger partial charge on any atom is -0.350 e. The number of hydrogen-bond acceptors (Lipinski definition) is 4. The van der Waals surface area contributed by atoms with E-state index < -0.39 is 39.9 Å². The van der Waals surface area contributed by atoms with Gasteiger partial charge in [-0.15, -0.1) is 0 Å². The molecule has 2 amide bonds. The summed E-state index contributed by atoms with van der Waals surface area (Å²) in [6.07, 6.45) is 0. The minimum absolute atomic E-state index is 0.00904. The van der Waals surface area contributed by atoms with Gasteiger partial charge in [0.15, 0.2) is 0 Å². The fraction of sp³-hybridized carbons (Fsp3) is 0.310. The first kappa shape index (κ1) is 28.8. The molecule has 1 N–H and O–H groups in total. The quantitative estimate of drug-likeness (QED) is 0.429. The van der Waals surface area contributed by atoms with Crippen molar-refractivity contribution in [2.45, 2.75) is 57.6 Å². The van der Waals surface area contributed by atoms with Crippen molar-refractivity contribution in [2.24, 2.45) is 0 Å². The summed E-state index contributed by atoms with van der Waals surface area (Å²) in [7, 11) is -4.12. The van der Waals surface area contributed by atoms with E-state index in [1.54, 1.807) is 43.3 Å². The molecule has 9 heteroatoms. The van der Waals surface area contributed by atoms with Crippen LogP contribution in [0.5, 0.6) is 0 Å². The second-order valence-electron chi connectivity index (χ2n) is 10.2. The van der Waals surface area contributed by atoms with E-state index in [1.807, 2.05) is 33.8 Å². The summed E-state index contributed by atoms with van der Waals surface area (Å²) in [6, 6.07) is 19.4. The molecule has 0 radical (unpaired) electrons. The molecule has 0 saturated heterocycles. The maximum absolute atomic E-state index is 13.8. The Morgan fingerprint density at radius 2 is 1.58 bits per heavy atom. The third-order valence-electron chi connectivity index (χ3n) is 5.83. The number of hydrogen-bond donors (Lipinski definition) is 1. The SMILES string of the molecule is Cc1cccc(N(CC(=O)N(Cc2ccc(F)cc2)[C@H](C)C(=O)NC(C)(C)C)S(=O)(=O)c2ccccc2)c1. The van der Waals surface area contributed by atoms with Gasteiger partial charge in [-0.05, 0) is 82.1 Å². The number of amides is 2. The molecule has 0 spiro atoms. The lowest BCUT2D eigenvalue weighted by atomic mass is 10.1. The molecule has 3 aromatic carbocycles. The van der Waals surface area contributed by atoms with Gasteiger partial charge in [-0.3, -0.25) is 13.9 Å². The average molecular weight is 540 g/mol. The van der Waals surface area contributed by atoms with Crippen molar-refractivity contribution < 1.29 is 22.4 Å². The molecule has 0 aliphatic rings. The van der Waals surface area contributed by atoms with Crippen LogP contribution in [0.2, 0.25) is 0 Å². The third kappa shape index (κ3) is 7.41. The van der Waals surface area contributed by atoms with Gasteiger partial charge in [-0.1, -0.05) is 42.5 Å². The molecular weight excluding hydrogens is 505 g/mol. The first-order valence-electron chi connectivity index (χ1n) is 12.3. The molecule has 3 rings (SSSR count). The van der Waals surface area contributed by atoms with E-state index in [0.717, 1.165) is 9.87 Å². The molecule has 202 valence electrons. The summed E-state index contributed by atoms with van der Waals surface area (Å²) in [5, 5.41) is 2.87. The zero-order valence-corrected chi connectivity index (χ0v) is 23.1. The van der Waals surface area contributed by atoms with Crippen molar-refractivity contribution in [3.05, 3.63) is 95.8 Å². The minimum atomic E-state index is -4.12. The first-order chi connectivity index (χ1) is 17.8. The molecule has 38 heavy (non-hydrogen) atoms. The molecule has 3 aromatic rings. The van der Waals surface area contributed by atoms with Crippen LogP contribution < -0.4 is 9.62 Å². The van der Waals surface area contributed by atoms with E-state index in [2.05, 4.69) is 5.32 Å². The van der Waals surface area contributed by atoms with E-state index in [0.29, 0.717) is 11.3 Å². The van der Waals surface area contributed by atoms with Crippen LogP contribution in [0.25, 0.3) is 0 Å². The zero-order chi connectivity index (χ0) is 28.1. The Bertz CT molecular complexity index is 1370. The molecule has 0 aliphatic carbocycles. The smallest absolute Gasteiger partial charge is 0.264 e. The Hall–Kier alpha value is -3.72. The molecule has 0 bridgehead atoms. The fourth-order valence-corrected chi connectivity index (χ4v) is 5.30. The first-order valence-corrected chi connectivity index (χ1v) is 13.7. The van der Waals surface area contributed by atoms with Crippen LogP contribution in [0.3, 0.4) is 0 Å². The number of nitrogens with one attached hydrogen (secondary N) is 1. The van der Waals surface area contributed by atoms with Gasteiger partial charge in [-0.2, -0.15) is 0 Å². The number of carbonyl (C=O) groups excluding carboxylic acids is 2. The maximum Gasteiger partial charge on any atom is 0.264 e. The van der Waals surface area contributed by atoms with Crippen molar-refractivity contribution in [3.63, 3.8) is 0 Å². The summed E-state index contributed by atoms with van der Waals surface area (Å²) >= 11 is 0. The molecule has 0 fully saturated rings. The van der Waals surface area contributed by atoms with Crippen molar-refractivity contribution in [1.29, 1.82) is 0 Å². The molecule has 1 atom stereocenters. The van der Waals surface area contributed by atoms with Crippen molar-refractivity contribution in [1.82, 2.24) is 10.2 Å². The number of sulfonamides is 1. The van der Waals surface area contributed by atoms with Crippen LogP contribution in [0.4, 0.5) is 10.1 Å². The number of anilines is 1. The second-order valence-corrected chi connectivity index (χ2v) is 12.1. The Kier molecular flexibility index (Phi) is 8.93. The van der Waals surface area contributed by atoms with E-state index in [1.165, 1.54) is 41.3 Å². The number of halogens is 1. The molecule has 7 nitrogen and oxygen atoms in total. The maximum atomic E-state index is 13.8. The Morgan fingerprint density at radius 3 is 2.16 bits per heavy atom. The van der Waals surface area contributed by atoms with Gasteiger partial charge in [0.25, 0.3) is 10.0 Å². The van der Waals surface area contributed by atoms with Gasteiger partial charge in [0.1, 0.15) is 18.4 Å². The van der Waals surface area contributed by atoms with Gasteiger partial charge < -0.3 is 10.2 Å². The largest absolute Gasteiger partial charge is 0.350 e. The Morgan fingerprint density at radius 1 is 0.947 bits per heavy atom. The molecule has 0 saturated carbocycles. The van der Waals surface area contributed by atoms with E-state index in [-0.39, 0.29) is 17.3 Å². The fourth-order valence-electron chi connectivity index (χ4n) is 3.87. The van der Waals surface area contributed by atoms with Crippen LogP contribution in [0, 0.1) is 12.7 Å². The highest BCUT2D eigenvalue weighted by Gasteiger charge is 2.33. The van der Waals surface area contributed by atoms with Gasteiger partial charge in [0.05, 0.1) is 10.6 Å². The van der Waals surface area contributed by atoms with Crippen LogP contribution in [-0.4, -0.2) is 43.3 Å². The highest BCUT2D eigenvalue weighted by molar-refractivity contribution is 7.92. The average Bonchev–Trinajstić information content (AvgIpc) is 2.85. The third-order valence-corrected chi connectivity index (χ3v) is 7.62. The van der Waals surface area contributed by atoms with E-state index >= 15 is 0 Å². The predicted octanol–water partition coefficient (Wildman–Crippen LogP) is 4.66. The summed E-state index contributed by atoms with van der Waals surface area (Å²) in [5.74, 6) is -1.39. The summed E-state index contributed by atoms with van der Waals surface area (Å²) in [4.78, 5) is 28.3. The summed E-state index contributed by atoms with van der Waals surface area (Å²) in [5.41, 5.74) is 1.21. The molecule has 0 aliphatic heterocycles. The Labute approximate surface area is 224 Å². The van der Waals surface area contributed by atoms with Crippen molar-refractivity contribution in [3.8, 4) is 0 Å². The number of rotatable bonds is 9. The van der Waals surface area contributed by atoms with Gasteiger partial charge in [0.2, 0.25) is 11.8 Å². The summed E-state index contributed by atoms with van der Waals surface area (Å²) < 4.78 is 42.0. The number of nitrogens with zero attached hydrogens (tertiary/aromatic N) is 2. The van der Waals surface area contributed by atoms with E-state index in [9.17, 15) is 22.4 Å². The summed E-state index contributed by atoms with van der Waals surface area (Å²) in [6.45, 7) is 8.37. The highest BCUT2D eigenvalue weighted by atomic mass is 32.2. The van der Waals surface area contributed by atoms with Crippen molar-refractivity contribution in [2.75, 3.05) is 10.8 Å². The van der Waals surface area contributed by atoms with Crippen LogP contribution in [0.15, 0.2) is 83.8 Å². The van der Waals surface area contributed by atoms with Gasteiger partial charge in [0, 0.05) is 12.1 Å². The number of carbonyl (C=O) groups is 2. The number of benzene rings is 3. The topological polar surface area (TPSA) is 86.8 Å². The molecule has 0 heterocycles. The van der Waals surface area contributed by atoms with E-state index in [4.69, 9.17) is 0 Å². The zero-order valence-electron chi connectivity index (χ0n) is 22.3. The Balaban J connectivity index is 2.02. The molecule has 0 aromatic heterocycles. The van der Waals surface area contributed by atoms with Crippen LogP contribution in [-0.2, 0) is 26.2 Å². The lowest BCUT2D eigenvalue weighted by molar-refractivity contribution is -0.140. The second kappa shape index (κ2) is 11.8. The number of aryl methyl sites for hydroxylation is 1. The predicted molar refractivity (Wildman–Crippen MR) is 146 cm³/mol. The van der Waals surface area contributed by atoms with Crippen molar-refractivity contribution >= 4 is 27.5 Å². The lowest BCUT2D eigenvalue weighted by Crippen LogP contribution is -2.54. The van der Waals surface area contributed by atoms with Gasteiger partial charge in [-0.25, -0.2) is 12.8 Å². The monoisotopic (exact) mass is 539 g/mol.